The average molecular weight is 348 g/mol. The Morgan fingerprint density at radius 2 is 1.88 bits per heavy atom. The molecule has 8 heteroatoms. The molecule has 1 heterocycles. The molecule has 2 rings (SSSR count). The Morgan fingerprint density at radius 3 is 2.36 bits per heavy atom. The van der Waals surface area contributed by atoms with Crippen LogP contribution >= 0.6 is 0 Å². The molecular weight excluding hydrogens is 327 g/mol. The first kappa shape index (κ1) is 18.6. The number of nitro groups is 1. The Bertz CT molecular complexity index is 807. The van der Waals surface area contributed by atoms with Gasteiger partial charge in [0.15, 0.2) is 0 Å². The molecule has 1 N–H and O–H groups in total. The summed E-state index contributed by atoms with van der Waals surface area (Å²) >= 11 is 0. The van der Waals surface area contributed by atoms with Gasteiger partial charge >= 0.3 is 5.69 Å². The zero-order chi connectivity index (χ0) is 18.9. The number of rotatable bonds is 4. The Kier molecular flexibility index (Phi) is 4.92. The first-order valence-corrected chi connectivity index (χ1v) is 7.76. The number of aromatic nitrogens is 2. The molecule has 0 bridgehead atoms. The van der Waals surface area contributed by atoms with Gasteiger partial charge in [-0.25, -0.2) is 4.39 Å². The summed E-state index contributed by atoms with van der Waals surface area (Å²) in [5.41, 5.74) is 0.0665. The zero-order valence-electron chi connectivity index (χ0n) is 14.8. The number of amides is 1. The highest BCUT2D eigenvalue weighted by molar-refractivity contribution is 5.97. The van der Waals surface area contributed by atoms with E-state index in [0.29, 0.717) is 5.56 Å². The summed E-state index contributed by atoms with van der Waals surface area (Å²) in [7, 11) is 1.49. The second-order valence-corrected chi connectivity index (χ2v) is 6.99. The predicted molar refractivity (Wildman–Crippen MR) is 90.7 cm³/mol. The molecule has 1 aromatic carbocycles. The van der Waals surface area contributed by atoms with Crippen molar-refractivity contribution in [2.24, 2.45) is 12.5 Å². The van der Waals surface area contributed by atoms with Gasteiger partial charge in [0.25, 0.3) is 5.91 Å². The van der Waals surface area contributed by atoms with Crippen molar-refractivity contribution in [1.82, 2.24) is 15.1 Å². The normalized spacial score (nSPS) is 12.7. The van der Waals surface area contributed by atoms with Gasteiger partial charge < -0.3 is 5.32 Å². The molecule has 0 saturated carbocycles. The predicted octanol–water partition coefficient (Wildman–Crippen LogP) is 3.29. The largest absolute Gasteiger partial charge is 0.343 e. The summed E-state index contributed by atoms with van der Waals surface area (Å²) in [6.45, 7) is 7.24. The molecule has 134 valence electrons. The maximum Gasteiger partial charge on any atom is 0.322 e. The maximum absolute atomic E-state index is 13.2. The lowest BCUT2D eigenvalue weighted by molar-refractivity contribution is -0.385. The van der Waals surface area contributed by atoms with Crippen LogP contribution in [-0.4, -0.2) is 20.6 Å². The Morgan fingerprint density at radius 1 is 1.32 bits per heavy atom. The smallest absolute Gasteiger partial charge is 0.322 e. The van der Waals surface area contributed by atoms with Gasteiger partial charge in [0.05, 0.1) is 11.0 Å². The molecule has 0 spiro atoms. The van der Waals surface area contributed by atoms with Gasteiger partial charge in [-0.3, -0.25) is 19.6 Å². The number of halogens is 1. The van der Waals surface area contributed by atoms with Crippen LogP contribution in [0.5, 0.6) is 0 Å². The topological polar surface area (TPSA) is 90.1 Å². The maximum atomic E-state index is 13.2. The van der Waals surface area contributed by atoms with E-state index in [4.69, 9.17) is 0 Å². The van der Waals surface area contributed by atoms with Gasteiger partial charge in [0.1, 0.15) is 11.5 Å². The monoisotopic (exact) mass is 348 g/mol. The van der Waals surface area contributed by atoms with Gasteiger partial charge in [0, 0.05) is 7.05 Å². The summed E-state index contributed by atoms with van der Waals surface area (Å²) in [5.74, 6) is -0.973. The molecule has 0 fully saturated rings. The third kappa shape index (κ3) is 3.84. The summed E-state index contributed by atoms with van der Waals surface area (Å²) in [5, 5.41) is 18.1. The van der Waals surface area contributed by atoms with E-state index >= 15 is 0 Å². The summed E-state index contributed by atoms with van der Waals surface area (Å²) in [6.07, 6.45) is 0. The molecule has 0 aliphatic rings. The van der Waals surface area contributed by atoms with Crippen LogP contribution in [0.1, 0.15) is 48.6 Å². The fourth-order valence-corrected chi connectivity index (χ4v) is 2.77. The molecular formula is C17H21FN4O3. The molecule has 0 radical (unpaired) electrons. The molecule has 0 unspecified atom stereocenters. The summed E-state index contributed by atoms with van der Waals surface area (Å²) < 4.78 is 14.4. The van der Waals surface area contributed by atoms with Crippen LogP contribution in [0.15, 0.2) is 24.3 Å². The fourth-order valence-electron chi connectivity index (χ4n) is 2.77. The van der Waals surface area contributed by atoms with E-state index in [0.717, 1.165) is 0 Å². The average Bonchev–Trinajstić information content (AvgIpc) is 2.79. The van der Waals surface area contributed by atoms with E-state index in [1.165, 1.54) is 30.8 Å². The molecule has 0 aliphatic heterocycles. The number of carbonyl (C=O) groups is 1. The highest BCUT2D eigenvalue weighted by Gasteiger charge is 2.34. The Balaban J connectivity index is 2.42. The van der Waals surface area contributed by atoms with Crippen molar-refractivity contribution in [3.8, 4) is 0 Å². The van der Waals surface area contributed by atoms with Crippen molar-refractivity contribution in [3.05, 3.63) is 57.1 Å². The van der Waals surface area contributed by atoms with E-state index in [1.54, 1.807) is 12.1 Å². The standard InChI is InChI=1S/C17H21FN4O3/c1-10-13(22(24)25)14(21(5)20-10)16(23)19-15(17(2,3)4)11-6-8-12(18)9-7-11/h6-9,15H,1-5H3,(H,19,23)/t15-/m0/s1. The number of nitrogens with zero attached hydrogens (tertiary/aromatic N) is 3. The second-order valence-electron chi connectivity index (χ2n) is 6.99. The van der Waals surface area contributed by atoms with Crippen LogP contribution in [0.4, 0.5) is 10.1 Å². The van der Waals surface area contributed by atoms with Crippen LogP contribution in [0.2, 0.25) is 0 Å². The summed E-state index contributed by atoms with van der Waals surface area (Å²) in [6, 6.07) is 5.35. The number of carbonyl (C=O) groups excluding carboxylic acids is 1. The highest BCUT2D eigenvalue weighted by atomic mass is 19.1. The molecule has 7 nitrogen and oxygen atoms in total. The van der Waals surface area contributed by atoms with Gasteiger partial charge in [-0.05, 0) is 30.0 Å². The Labute approximate surface area is 145 Å². The van der Waals surface area contributed by atoms with Crippen LogP contribution in [-0.2, 0) is 7.05 Å². The summed E-state index contributed by atoms with van der Waals surface area (Å²) in [4.78, 5) is 23.4. The third-order valence-electron chi connectivity index (χ3n) is 3.93. The van der Waals surface area contributed by atoms with Crippen LogP contribution < -0.4 is 5.32 Å². The number of benzene rings is 1. The van der Waals surface area contributed by atoms with Gasteiger partial charge in [0.2, 0.25) is 5.69 Å². The third-order valence-corrected chi connectivity index (χ3v) is 3.93. The number of aryl methyl sites for hydroxylation is 2. The minimum Gasteiger partial charge on any atom is -0.343 e. The molecule has 1 amide bonds. The molecule has 1 aromatic heterocycles. The van der Waals surface area contributed by atoms with Crippen molar-refractivity contribution >= 4 is 11.6 Å². The zero-order valence-corrected chi connectivity index (χ0v) is 14.8. The first-order valence-electron chi connectivity index (χ1n) is 7.76. The van der Waals surface area contributed by atoms with E-state index in [-0.39, 0.29) is 22.9 Å². The number of nitrogens with one attached hydrogen (secondary N) is 1. The Hall–Kier alpha value is -2.77. The van der Waals surface area contributed by atoms with Crippen molar-refractivity contribution in [3.63, 3.8) is 0 Å². The van der Waals surface area contributed by atoms with Gasteiger partial charge in [-0.2, -0.15) is 5.10 Å². The van der Waals surface area contributed by atoms with E-state index in [9.17, 15) is 19.3 Å². The van der Waals surface area contributed by atoms with Crippen molar-refractivity contribution in [2.45, 2.75) is 33.7 Å². The second kappa shape index (κ2) is 6.62. The molecule has 1 atom stereocenters. The first-order chi connectivity index (χ1) is 11.5. The molecule has 0 aliphatic carbocycles. The van der Waals surface area contributed by atoms with E-state index in [1.807, 2.05) is 20.8 Å². The SMILES string of the molecule is Cc1nn(C)c(C(=O)N[C@@H](c2ccc(F)cc2)C(C)(C)C)c1[N+](=O)[O-]. The minimum absolute atomic E-state index is 0.112. The minimum atomic E-state index is -0.610. The van der Waals surface area contributed by atoms with Gasteiger partial charge in [-0.15, -0.1) is 0 Å². The highest BCUT2D eigenvalue weighted by Crippen LogP contribution is 2.33. The molecule has 0 saturated heterocycles. The van der Waals surface area contributed by atoms with Crippen LogP contribution in [0.25, 0.3) is 0 Å². The van der Waals surface area contributed by atoms with E-state index < -0.39 is 22.3 Å². The van der Waals surface area contributed by atoms with Gasteiger partial charge in [-0.1, -0.05) is 32.9 Å². The lowest BCUT2D eigenvalue weighted by atomic mass is 9.82. The van der Waals surface area contributed by atoms with Crippen molar-refractivity contribution in [1.29, 1.82) is 0 Å². The molecule has 2 aromatic rings. The lowest BCUT2D eigenvalue weighted by Crippen LogP contribution is -2.37. The van der Waals surface area contributed by atoms with Crippen molar-refractivity contribution in [2.75, 3.05) is 0 Å². The van der Waals surface area contributed by atoms with Crippen molar-refractivity contribution < 1.29 is 14.1 Å². The quantitative estimate of drug-likeness (QED) is 0.678. The lowest BCUT2D eigenvalue weighted by Gasteiger charge is -2.32. The number of hydrogen-bond acceptors (Lipinski definition) is 4. The van der Waals surface area contributed by atoms with Crippen LogP contribution in [0, 0.1) is 28.3 Å². The fraction of sp³-hybridized carbons (Fsp3) is 0.412. The van der Waals surface area contributed by atoms with E-state index in [2.05, 4.69) is 10.4 Å². The molecule has 25 heavy (non-hydrogen) atoms. The van der Waals surface area contributed by atoms with Crippen LogP contribution in [0.3, 0.4) is 0 Å². The number of hydrogen-bond donors (Lipinski definition) is 1.